The van der Waals surface area contributed by atoms with E-state index in [1.54, 1.807) is 30.1 Å². The lowest BCUT2D eigenvalue weighted by Gasteiger charge is -2.05. The van der Waals surface area contributed by atoms with Gasteiger partial charge in [0.1, 0.15) is 11.6 Å². The normalized spacial score (nSPS) is 10.3. The summed E-state index contributed by atoms with van der Waals surface area (Å²) in [7, 11) is 1.78. The molecule has 2 aromatic rings. The van der Waals surface area contributed by atoms with Crippen LogP contribution in [0.5, 0.6) is 0 Å². The van der Waals surface area contributed by atoms with E-state index in [1.165, 1.54) is 0 Å². The Morgan fingerprint density at radius 1 is 1.40 bits per heavy atom. The number of nitrogens with zero attached hydrogens (tertiary/aromatic N) is 4. The van der Waals surface area contributed by atoms with Gasteiger partial charge in [0.25, 0.3) is 5.91 Å². The Hall–Kier alpha value is -2.64. The highest BCUT2D eigenvalue weighted by Crippen LogP contribution is 2.11. The Morgan fingerprint density at radius 2 is 2.20 bits per heavy atom. The highest BCUT2D eigenvalue weighted by molar-refractivity contribution is 5.92. The van der Waals surface area contributed by atoms with Crippen molar-refractivity contribution in [1.29, 1.82) is 0 Å². The number of carbonyl (C=O) groups excluding carboxylic acids is 1. The summed E-state index contributed by atoms with van der Waals surface area (Å²) < 4.78 is 1.60. The fraction of sp³-hybridized carbons (Fsp3) is 0.333. The molecule has 8 heteroatoms. The van der Waals surface area contributed by atoms with Crippen molar-refractivity contribution in [3.8, 4) is 0 Å². The summed E-state index contributed by atoms with van der Waals surface area (Å²) in [5.41, 5.74) is 7.00. The number of hydrogen-bond acceptors (Lipinski definition) is 6. The molecule has 0 radical (unpaired) electrons. The Labute approximate surface area is 116 Å². The lowest BCUT2D eigenvalue weighted by atomic mass is 10.3. The predicted octanol–water partition coefficient (Wildman–Crippen LogP) is 0.154. The van der Waals surface area contributed by atoms with Gasteiger partial charge in [-0.1, -0.05) is 0 Å². The molecular formula is C12H17N7O. The van der Waals surface area contributed by atoms with Gasteiger partial charge in [-0.15, -0.1) is 10.2 Å². The van der Waals surface area contributed by atoms with Crippen molar-refractivity contribution in [3.05, 3.63) is 29.6 Å². The molecule has 0 atom stereocenters. The van der Waals surface area contributed by atoms with Gasteiger partial charge in [-0.2, -0.15) is 5.10 Å². The van der Waals surface area contributed by atoms with Crippen LogP contribution in [0.3, 0.4) is 0 Å². The molecule has 0 fully saturated rings. The molecule has 0 bridgehead atoms. The number of nitrogens with one attached hydrogen (secondary N) is 2. The van der Waals surface area contributed by atoms with Crippen LogP contribution >= 0.6 is 0 Å². The predicted molar refractivity (Wildman–Crippen MR) is 75.0 cm³/mol. The molecule has 2 heterocycles. The Balaban J connectivity index is 1.97. The molecule has 2 rings (SSSR count). The second-order valence-corrected chi connectivity index (χ2v) is 4.20. The number of aromatic nitrogens is 4. The van der Waals surface area contributed by atoms with E-state index in [-0.39, 0.29) is 5.91 Å². The quantitative estimate of drug-likeness (QED) is 0.716. The molecule has 0 spiro atoms. The molecule has 0 aliphatic carbocycles. The van der Waals surface area contributed by atoms with E-state index >= 15 is 0 Å². The molecule has 20 heavy (non-hydrogen) atoms. The zero-order valence-electron chi connectivity index (χ0n) is 11.4. The summed E-state index contributed by atoms with van der Waals surface area (Å²) in [6, 6.07) is 3.32. The number of rotatable bonds is 5. The number of amides is 1. The third-order valence-corrected chi connectivity index (χ3v) is 2.76. The maximum Gasteiger partial charge on any atom is 0.271 e. The molecule has 1 amide bonds. The van der Waals surface area contributed by atoms with E-state index in [1.807, 2.05) is 6.92 Å². The Kier molecular flexibility index (Phi) is 4.14. The lowest BCUT2D eigenvalue weighted by Crippen LogP contribution is -2.24. The van der Waals surface area contributed by atoms with Crippen molar-refractivity contribution in [1.82, 2.24) is 25.3 Å². The SMILES string of the molecule is CCNC(=O)c1ccc(NCc2cnn(C)c2N)nn1. The van der Waals surface area contributed by atoms with Gasteiger partial charge in [0.05, 0.1) is 6.20 Å². The third kappa shape index (κ3) is 3.02. The molecule has 2 aromatic heterocycles. The van der Waals surface area contributed by atoms with E-state index < -0.39 is 0 Å². The molecular weight excluding hydrogens is 258 g/mol. The van der Waals surface area contributed by atoms with Crippen LogP contribution in [-0.2, 0) is 13.6 Å². The molecule has 0 unspecified atom stereocenters. The zero-order chi connectivity index (χ0) is 14.5. The van der Waals surface area contributed by atoms with Crippen molar-refractivity contribution < 1.29 is 4.79 Å². The number of carbonyl (C=O) groups is 1. The minimum atomic E-state index is -0.233. The highest BCUT2D eigenvalue weighted by atomic mass is 16.1. The third-order valence-electron chi connectivity index (χ3n) is 2.76. The molecule has 4 N–H and O–H groups in total. The first-order chi connectivity index (χ1) is 9.61. The van der Waals surface area contributed by atoms with Crippen molar-refractivity contribution >= 4 is 17.5 Å². The largest absolute Gasteiger partial charge is 0.384 e. The summed E-state index contributed by atoms with van der Waals surface area (Å²) in [5.74, 6) is 0.939. The minimum absolute atomic E-state index is 0.233. The number of nitrogens with two attached hydrogens (primary N) is 1. The molecule has 0 aliphatic rings. The zero-order valence-corrected chi connectivity index (χ0v) is 11.4. The second kappa shape index (κ2) is 6.00. The van der Waals surface area contributed by atoms with E-state index in [4.69, 9.17) is 5.73 Å². The van der Waals surface area contributed by atoms with Crippen LogP contribution in [-0.4, -0.2) is 32.4 Å². The smallest absolute Gasteiger partial charge is 0.271 e. The second-order valence-electron chi connectivity index (χ2n) is 4.20. The van der Waals surface area contributed by atoms with Crippen molar-refractivity contribution in [2.75, 3.05) is 17.6 Å². The average molecular weight is 275 g/mol. The fourth-order valence-electron chi connectivity index (χ4n) is 1.61. The van der Waals surface area contributed by atoms with Gasteiger partial charge in [0, 0.05) is 25.7 Å². The van der Waals surface area contributed by atoms with Gasteiger partial charge in [0.15, 0.2) is 5.69 Å². The fourth-order valence-corrected chi connectivity index (χ4v) is 1.61. The minimum Gasteiger partial charge on any atom is -0.384 e. The van der Waals surface area contributed by atoms with Crippen LogP contribution in [0.1, 0.15) is 23.0 Å². The molecule has 8 nitrogen and oxygen atoms in total. The van der Waals surface area contributed by atoms with Crippen molar-refractivity contribution in [2.24, 2.45) is 7.05 Å². The van der Waals surface area contributed by atoms with Crippen LogP contribution in [0.4, 0.5) is 11.6 Å². The van der Waals surface area contributed by atoms with Gasteiger partial charge in [-0.3, -0.25) is 9.48 Å². The first kappa shape index (κ1) is 13.8. The summed E-state index contributed by atoms with van der Waals surface area (Å²) >= 11 is 0. The van der Waals surface area contributed by atoms with Gasteiger partial charge >= 0.3 is 0 Å². The molecule has 106 valence electrons. The Morgan fingerprint density at radius 3 is 2.75 bits per heavy atom. The van der Waals surface area contributed by atoms with Gasteiger partial charge < -0.3 is 16.4 Å². The van der Waals surface area contributed by atoms with E-state index in [2.05, 4.69) is 25.9 Å². The number of nitrogen functional groups attached to an aromatic ring is 1. The summed E-state index contributed by atoms with van der Waals surface area (Å²) in [6.07, 6.45) is 1.69. The lowest BCUT2D eigenvalue weighted by molar-refractivity contribution is 0.0950. The number of anilines is 2. The first-order valence-electron chi connectivity index (χ1n) is 6.24. The summed E-state index contributed by atoms with van der Waals surface area (Å²) in [4.78, 5) is 11.5. The summed E-state index contributed by atoms with van der Waals surface area (Å²) in [5, 5.41) is 17.6. The number of hydrogen-bond donors (Lipinski definition) is 3. The highest BCUT2D eigenvalue weighted by Gasteiger charge is 2.07. The topological polar surface area (TPSA) is 111 Å². The van der Waals surface area contributed by atoms with E-state index in [0.717, 1.165) is 5.56 Å². The maximum atomic E-state index is 11.5. The van der Waals surface area contributed by atoms with Crippen LogP contribution in [0, 0.1) is 0 Å². The van der Waals surface area contributed by atoms with Gasteiger partial charge in [0.2, 0.25) is 0 Å². The van der Waals surface area contributed by atoms with Gasteiger partial charge in [-0.25, -0.2) is 0 Å². The molecule has 0 aromatic carbocycles. The Bertz CT molecular complexity index is 590. The average Bonchev–Trinajstić information content (AvgIpc) is 2.77. The van der Waals surface area contributed by atoms with Crippen LogP contribution < -0.4 is 16.4 Å². The monoisotopic (exact) mass is 275 g/mol. The standard InChI is InChI=1S/C12H17N7O/c1-3-14-12(20)9-4-5-10(18-17-9)15-6-8-7-16-19(2)11(8)13/h4-5,7H,3,6,13H2,1-2H3,(H,14,20)(H,15,18). The van der Waals surface area contributed by atoms with Crippen molar-refractivity contribution in [3.63, 3.8) is 0 Å². The molecule has 0 aliphatic heterocycles. The summed E-state index contributed by atoms with van der Waals surface area (Å²) in [6.45, 7) is 2.90. The van der Waals surface area contributed by atoms with Crippen LogP contribution in [0.15, 0.2) is 18.3 Å². The van der Waals surface area contributed by atoms with Crippen LogP contribution in [0.25, 0.3) is 0 Å². The van der Waals surface area contributed by atoms with Crippen molar-refractivity contribution in [2.45, 2.75) is 13.5 Å². The molecule has 0 saturated heterocycles. The number of aryl methyl sites for hydroxylation is 1. The first-order valence-corrected chi connectivity index (χ1v) is 6.24. The maximum absolute atomic E-state index is 11.5. The van der Waals surface area contributed by atoms with Crippen LogP contribution in [0.2, 0.25) is 0 Å². The van der Waals surface area contributed by atoms with E-state index in [0.29, 0.717) is 30.4 Å². The van der Waals surface area contributed by atoms with Gasteiger partial charge in [-0.05, 0) is 19.1 Å². The van der Waals surface area contributed by atoms with E-state index in [9.17, 15) is 4.79 Å². The molecule has 0 saturated carbocycles.